The number of benzene rings is 1. The second-order valence-corrected chi connectivity index (χ2v) is 5.74. The van der Waals surface area contributed by atoms with Crippen molar-refractivity contribution in [3.05, 3.63) is 45.9 Å². The molecule has 0 radical (unpaired) electrons. The molecular formula is C16H18ClN3O. The van der Waals surface area contributed by atoms with Crippen molar-refractivity contribution in [1.82, 2.24) is 9.97 Å². The number of anilines is 1. The first-order chi connectivity index (χ1) is 10.1. The van der Waals surface area contributed by atoms with Crippen LogP contribution in [0, 0.1) is 6.92 Å². The van der Waals surface area contributed by atoms with Gasteiger partial charge in [0.15, 0.2) is 0 Å². The molecule has 3 rings (SSSR count). The van der Waals surface area contributed by atoms with Crippen molar-refractivity contribution in [3.8, 4) is 5.75 Å². The van der Waals surface area contributed by atoms with E-state index in [4.69, 9.17) is 22.1 Å². The molecule has 1 heterocycles. The van der Waals surface area contributed by atoms with Crippen LogP contribution in [0.1, 0.15) is 41.4 Å². The average Bonchev–Trinajstić information content (AvgIpc) is 2.49. The number of aromatic nitrogens is 2. The van der Waals surface area contributed by atoms with Crippen LogP contribution in [0.2, 0.25) is 5.02 Å². The zero-order valence-electron chi connectivity index (χ0n) is 12.2. The maximum absolute atomic E-state index is 6.35. The Balaban J connectivity index is 2.10. The number of halogens is 1. The quantitative estimate of drug-likeness (QED) is 0.922. The summed E-state index contributed by atoms with van der Waals surface area (Å²) in [4.78, 5) is 8.67. The van der Waals surface area contributed by atoms with E-state index in [1.54, 1.807) is 7.11 Å². The fraction of sp³-hybridized carbons (Fsp3) is 0.375. The molecule has 2 N–H and O–H groups in total. The minimum Gasteiger partial charge on any atom is -0.497 e. The van der Waals surface area contributed by atoms with Crippen molar-refractivity contribution in [3.63, 3.8) is 0 Å². The van der Waals surface area contributed by atoms with Crippen LogP contribution in [-0.4, -0.2) is 17.1 Å². The number of methoxy groups -OCH3 is 1. The van der Waals surface area contributed by atoms with Crippen molar-refractivity contribution in [1.29, 1.82) is 0 Å². The summed E-state index contributed by atoms with van der Waals surface area (Å²) in [6.45, 7) is 1.84. The summed E-state index contributed by atoms with van der Waals surface area (Å²) in [5.41, 5.74) is 9.30. The highest BCUT2D eigenvalue weighted by molar-refractivity contribution is 6.33. The molecule has 1 unspecified atom stereocenters. The first kappa shape index (κ1) is 14.1. The van der Waals surface area contributed by atoms with Gasteiger partial charge in [-0.3, -0.25) is 0 Å². The van der Waals surface area contributed by atoms with Crippen molar-refractivity contribution >= 4 is 17.4 Å². The average molecular weight is 304 g/mol. The molecule has 21 heavy (non-hydrogen) atoms. The Bertz CT molecular complexity index is 687. The molecule has 0 saturated carbocycles. The minimum atomic E-state index is 0.177. The van der Waals surface area contributed by atoms with Crippen molar-refractivity contribution in [2.45, 2.75) is 32.1 Å². The molecule has 4 nitrogen and oxygen atoms in total. The van der Waals surface area contributed by atoms with Crippen LogP contribution >= 0.6 is 11.6 Å². The number of aryl methyl sites for hydroxylation is 2. The molecule has 0 fully saturated rings. The summed E-state index contributed by atoms with van der Waals surface area (Å²) in [5.74, 6) is 2.09. The number of nitrogens with two attached hydrogens (primary N) is 1. The number of fused-ring (bicyclic) bond motifs is 1. The number of nitrogen functional groups attached to an aromatic ring is 1. The van der Waals surface area contributed by atoms with Crippen LogP contribution < -0.4 is 10.5 Å². The van der Waals surface area contributed by atoms with E-state index in [9.17, 15) is 0 Å². The first-order valence-corrected chi connectivity index (χ1v) is 7.44. The molecule has 0 spiro atoms. The smallest absolute Gasteiger partial charge is 0.146 e. The summed E-state index contributed by atoms with van der Waals surface area (Å²) >= 11 is 6.35. The van der Waals surface area contributed by atoms with Gasteiger partial charge in [-0.15, -0.1) is 0 Å². The largest absolute Gasteiger partial charge is 0.497 e. The van der Waals surface area contributed by atoms with Gasteiger partial charge in [0.2, 0.25) is 0 Å². The van der Waals surface area contributed by atoms with Crippen LogP contribution in [0.15, 0.2) is 18.2 Å². The second-order valence-electron chi connectivity index (χ2n) is 5.36. The number of nitrogens with zero attached hydrogens (tertiary/aromatic N) is 2. The van der Waals surface area contributed by atoms with Gasteiger partial charge in [0.1, 0.15) is 22.4 Å². The van der Waals surface area contributed by atoms with Gasteiger partial charge in [-0.2, -0.15) is 0 Å². The number of hydrogen-bond acceptors (Lipinski definition) is 4. The Kier molecular flexibility index (Phi) is 3.72. The maximum Gasteiger partial charge on any atom is 0.146 e. The van der Waals surface area contributed by atoms with Gasteiger partial charge < -0.3 is 10.5 Å². The van der Waals surface area contributed by atoms with Crippen LogP contribution in [0.25, 0.3) is 0 Å². The molecule has 0 aliphatic heterocycles. The topological polar surface area (TPSA) is 61.0 Å². The minimum absolute atomic E-state index is 0.177. The third-order valence-corrected chi connectivity index (χ3v) is 4.40. The first-order valence-electron chi connectivity index (χ1n) is 7.06. The SMILES string of the molecule is COc1ccc2c(c1)CCCC2c1nc(C)nc(N)c1Cl. The van der Waals surface area contributed by atoms with Gasteiger partial charge in [0.05, 0.1) is 12.8 Å². The van der Waals surface area contributed by atoms with Gasteiger partial charge in [0, 0.05) is 5.92 Å². The lowest BCUT2D eigenvalue weighted by atomic mass is 9.80. The van der Waals surface area contributed by atoms with Gasteiger partial charge in [-0.05, 0) is 49.4 Å². The monoisotopic (exact) mass is 303 g/mol. The zero-order valence-corrected chi connectivity index (χ0v) is 12.9. The Hall–Kier alpha value is -1.81. The zero-order chi connectivity index (χ0) is 15.0. The molecule has 1 aromatic carbocycles. The summed E-state index contributed by atoms with van der Waals surface area (Å²) in [6.07, 6.45) is 3.18. The standard InChI is InChI=1S/C16H18ClN3O/c1-9-19-15(14(17)16(18)20-9)13-5-3-4-10-8-11(21-2)6-7-12(10)13/h6-8,13H,3-5H2,1-2H3,(H2,18,19,20). The van der Waals surface area contributed by atoms with Gasteiger partial charge in [0.25, 0.3) is 0 Å². The molecule has 0 saturated heterocycles. The maximum atomic E-state index is 6.35. The molecule has 1 atom stereocenters. The highest BCUT2D eigenvalue weighted by atomic mass is 35.5. The van der Waals surface area contributed by atoms with E-state index in [-0.39, 0.29) is 5.92 Å². The summed E-state index contributed by atoms with van der Waals surface area (Å²) < 4.78 is 5.31. The van der Waals surface area contributed by atoms with Crippen molar-refractivity contribution in [2.24, 2.45) is 0 Å². The Labute approximate surface area is 129 Å². The lowest BCUT2D eigenvalue weighted by molar-refractivity contribution is 0.413. The van der Waals surface area contributed by atoms with E-state index in [1.165, 1.54) is 11.1 Å². The van der Waals surface area contributed by atoms with E-state index in [1.807, 2.05) is 13.0 Å². The molecule has 0 amide bonds. The van der Waals surface area contributed by atoms with E-state index >= 15 is 0 Å². The van der Waals surface area contributed by atoms with Gasteiger partial charge in [-0.25, -0.2) is 9.97 Å². The highest BCUT2D eigenvalue weighted by Gasteiger charge is 2.26. The fourth-order valence-corrected chi connectivity index (χ4v) is 3.25. The Morgan fingerprint density at radius 3 is 2.90 bits per heavy atom. The molecule has 2 aromatic rings. The molecule has 0 bridgehead atoms. The molecule has 110 valence electrons. The Morgan fingerprint density at radius 1 is 1.33 bits per heavy atom. The van der Waals surface area contributed by atoms with Crippen molar-refractivity contribution < 1.29 is 4.74 Å². The van der Waals surface area contributed by atoms with Crippen LogP contribution in [0.5, 0.6) is 5.75 Å². The molecule has 1 aliphatic rings. The van der Waals surface area contributed by atoms with Gasteiger partial charge >= 0.3 is 0 Å². The predicted molar refractivity (Wildman–Crippen MR) is 84.0 cm³/mol. The van der Waals surface area contributed by atoms with E-state index < -0.39 is 0 Å². The lowest BCUT2D eigenvalue weighted by Crippen LogP contribution is -2.15. The normalized spacial score (nSPS) is 17.4. The molecule has 1 aliphatic carbocycles. The molecule has 5 heteroatoms. The predicted octanol–water partition coefficient (Wildman–Crippen LogP) is 3.50. The van der Waals surface area contributed by atoms with Crippen LogP contribution in [0.3, 0.4) is 0 Å². The summed E-state index contributed by atoms with van der Waals surface area (Å²) in [6, 6.07) is 6.21. The van der Waals surface area contributed by atoms with Gasteiger partial charge in [-0.1, -0.05) is 17.7 Å². The number of hydrogen-bond donors (Lipinski definition) is 1. The van der Waals surface area contributed by atoms with E-state index in [0.717, 1.165) is 30.7 Å². The van der Waals surface area contributed by atoms with Crippen molar-refractivity contribution in [2.75, 3.05) is 12.8 Å². The summed E-state index contributed by atoms with van der Waals surface area (Å²) in [7, 11) is 1.69. The van der Waals surface area contributed by atoms with Crippen LogP contribution in [-0.2, 0) is 6.42 Å². The Morgan fingerprint density at radius 2 is 2.14 bits per heavy atom. The molecular weight excluding hydrogens is 286 g/mol. The third-order valence-electron chi connectivity index (χ3n) is 4.01. The number of rotatable bonds is 2. The summed E-state index contributed by atoms with van der Waals surface area (Å²) in [5, 5.41) is 0.481. The van der Waals surface area contributed by atoms with E-state index in [2.05, 4.69) is 22.1 Å². The lowest BCUT2D eigenvalue weighted by Gasteiger charge is -2.26. The fourth-order valence-electron chi connectivity index (χ4n) is 3.04. The third kappa shape index (κ3) is 2.56. The van der Waals surface area contributed by atoms with E-state index in [0.29, 0.717) is 16.7 Å². The molecule has 1 aromatic heterocycles. The number of ether oxygens (including phenoxy) is 1. The second kappa shape index (κ2) is 5.53. The highest BCUT2D eigenvalue weighted by Crippen LogP contribution is 2.40. The van der Waals surface area contributed by atoms with Crippen LogP contribution in [0.4, 0.5) is 5.82 Å².